The molecule has 0 bridgehead atoms. The first kappa shape index (κ1) is 40.6. The van der Waals surface area contributed by atoms with Crippen molar-refractivity contribution in [1.29, 1.82) is 0 Å². The molecule has 51 heavy (non-hydrogen) atoms. The Balaban J connectivity index is 1.25. The second kappa shape index (κ2) is 18.2. The van der Waals surface area contributed by atoms with Crippen LogP contribution in [-0.2, 0) is 33.2 Å². The third kappa shape index (κ3) is 9.06. The fraction of sp³-hybridized carbons (Fsp3) is 0.812. The summed E-state index contributed by atoms with van der Waals surface area (Å²) in [5.41, 5.74) is 0.812. The molecule has 17 unspecified atom stereocenters. The van der Waals surface area contributed by atoms with Crippen molar-refractivity contribution in [2.75, 3.05) is 46.1 Å². The van der Waals surface area contributed by atoms with Gasteiger partial charge in [0, 0.05) is 6.54 Å². The fourth-order valence-electron chi connectivity index (χ4n) is 6.83. The number of hydrogen-bond acceptors (Lipinski definition) is 19. The number of morpholine rings is 1. The highest BCUT2D eigenvalue weighted by Gasteiger charge is 2.52. The minimum absolute atomic E-state index is 0.0703. The van der Waals surface area contributed by atoms with Gasteiger partial charge < -0.3 is 89.3 Å². The van der Waals surface area contributed by atoms with Gasteiger partial charge in [-0.2, -0.15) is 0 Å². The SMILES string of the molecule is CC1OC(COC2OC(CO)C(O)C(OC3CN([C@H](CO)c4ccccc4)CC(CO)O3)C2O)C(O)C(OC2OC(CO)C(O)C(O)C2O)C1O. The third-order valence-corrected chi connectivity index (χ3v) is 9.79. The lowest BCUT2D eigenvalue weighted by Gasteiger charge is -2.47. The van der Waals surface area contributed by atoms with Crippen molar-refractivity contribution in [2.24, 2.45) is 0 Å². The number of rotatable bonds is 13. The van der Waals surface area contributed by atoms with Crippen LogP contribution in [0.2, 0.25) is 0 Å². The summed E-state index contributed by atoms with van der Waals surface area (Å²) in [4.78, 5) is 1.85. The molecular formula is C32H51NO18. The summed E-state index contributed by atoms with van der Waals surface area (Å²) in [6.45, 7) is -0.772. The molecule has 1 aromatic carbocycles. The summed E-state index contributed by atoms with van der Waals surface area (Å²) in [7, 11) is 0. The lowest BCUT2D eigenvalue weighted by Crippen LogP contribution is -2.65. The summed E-state index contributed by atoms with van der Waals surface area (Å²) in [5, 5.41) is 114. The molecule has 0 radical (unpaired) electrons. The van der Waals surface area contributed by atoms with Crippen LogP contribution in [0, 0.1) is 0 Å². The number of aliphatic hydroxyl groups is 11. The summed E-state index contributed by atoms with van der Waals surface area (Å²) in [5.74, 6) is 0. The van der Waals surface area contributed by atoms with Gasteiger partial charge in [0.05, 0.1) is 57.8 Å². The van der Waals surface area contributed by atoms with Gasteiger partial charge in [0.25, 0.3) is 0 Å². The van der Waals surface area contributed by atoms with E-state index in [2.05, 4.69) is 0 Å². The summed E-state index contributed by atoms with van der Waals surface area (Å²) >= 11 is 0. The predicted octanol–water partition coefficient (Wildman–Crippen LogP) is -5.73. The highest BCUT2D eigenvalue weighted by Crippen LogP contribution is 2.32. The van der Waals surface area contributed by atoms with E-state index >= 15 is 0 Å². The smallest absolute Gasteiger partial charge is 0.187 e. The van der Waals surface area contributed by atoms with Gasteiger partial charge in [0.2, 0.25) is 0 Å². The Labute approximate surface area is 293 Å². The Morgan fingerprint density at radius 2 is 1.27 bits per heavy atom. The van der Waals surface area contributed by atoms with E-state index in [1.54, 1.807) is 0 Å². The second-order valence-corrected chi connectivity index (χ2v) is 13.2. The number of ether oxygens (including phenoxy) is 7. The molecule has 1 aromatic rings. The molecule has 4 heterocycles. The standard InChI is InChI=1S/C32H51NO18/c1-14-22(38)29(51-32-27(43)26(42)23(39)18(11-36)49-32)25(41)20(46-14)13-45-31-28(44)30(24(40)19(12-37)48-31)50-21-8-33(7-16(9-34)47-21)17(10-35)15-5-3-2-4-6-15/h2-6,14,16-32,34-44H,7-13H2,1H3/t14?,16?,17-,18?,19?,20?,21?,22?,23?,24?,25?,26?,27?,28?,29?,30?,31?,32?/m1/s1. The van der Waals surface area contributed by atoms with E-state index in [0.717, 1.165) is 5.56 Å². The number of aliphatic hydroxyl groups excluding tert-OH is 11. The Hall–Kier alpha value is -1.54. The van der Waals surface area contributed by atoms with Crippen LogP contribution in [0.4, 0.5) is 0 Å². The lowest BCUT2D eigenvalue weighted by molar-refractivity contribution is -0.352. The highest BCUT2D eigenvalue weighted by molar-refractivity contribution is 5.19. The molecule has 19 nitrogen and oxygen atoms in total. The van der Waals surface area contributed by atoms with Crippen molar-refractivity contribution >= 4 is 0 Å². The predicted molar refractivity (Wildman–Crippen MR) is 167 cm³/mol. The van der Waals surface area contributed by atoms with Crippen molar-refractivity contribution in [3.05, 3.63) is 35.9 Å². The molecule has 0 saturated carbocycles. The van der Waals surface area contributed by atoms with Gasteiger partial charge in [0.15, 0.2) is 18.9 Å². The minimum Gasteiger partial charge on any atom is -0.394 e. The van der Waals surface area contributed by atoms with E-state index in [4.69, 9.17) is 33.2 Å². The summed E-state index contributed by atoms with van der Waals surface area (Å²) in [6.07, 6.45) is -24.5. The van der Waals surface area contributed by atoms with Crippen LogP contribution in [-0.4, -0.2) is 212 Å². The van der Waals surface area contributed by atoms with Crippen LogP contribution in [0.1, 0.15) is 18.5 Å². The molecular weight excluding hydrogens is 686 g/mol. The van der Waals surface area contributed by atoms with Crippen LogP contribution >= 0.6 is 0 Å². The van der Waals surface area contributed by atoms with Crippen molar-refractivity contribution in [1.82, 2.24) is 4.90 Å². The van der Waals surface area contributed by atoms with Gasteiger partial charge in [-0.1, -0.05) is 30.3 Å². The Kier molecular flexibility index (Phi) is 14.5. The zero-order valence-electron chi connectivity index (χ0n) is 28.0. The first-order valence-corrected chi connectivity index (χ1v) is 17.0. The Morgan fingerprint density at radius 1 is 0.647 bits per heavy atom. The van der Waals surface area contributed by atoms with Crippen LogP contribution in [0.15, 0.2) is 30.3 Å². The molecule has 19 heteroatoms. The Bertz CT molecular complexity index is 1190. The zero-order valence-corrected chi connectivity index (χ0v) is 28.0. The van der Waals surface area contributed by atoms with Crippen molar-refractivity contribution in [2.45, 2.75) is 117 Å². The molecule has 0 aliphatic carbocycles. The molecule has 0 aromatic heterocycles. The molecule has 5 rings (SSSR count). The molecule has 0 spiro atoms. The summed E-state index contributed by atoms with van der Waals surface area (Å²) < 4.78 is 40.1. The Morgan fingerprint density at radius 3 is 1.92 bits per heavy atom. The molecule has 0 amide bonds. The largest absolute Gasteiger partial charge is 0.394 e. The van der Waals surface area contributed by atoms with Crippen molar-refractivity contribution < 1.29 is 89.3 Å². The van der Waals surface area contributed by atoms with Crippen LogP contribution in [0.5, 0.6) is 0 Å². The molecule has 4 fully saturated rings. The van der Waals surface area contributed by atoms with Crippen LogP contribution in [0.3, 0.4) is 0 Å². The maximum absolute atomic E-state index is 11.3. The average Bonchev–Trinajstić information content (AvgIpc) is 3.14. The second-order valence-electron chi connectivity index (χ2n) is 13.2. The maximum Gasteiger partial charge on any atom is 0.187 e. The van der Waals surface area contributed by atoms with E-state index in [9.17, 15) is 56.2 Å². The van der Waals surface area contributed by atoms with E-state index in [-0.39, 0.29) is 26.3 Å². The van der Waals surface area contributed by atoms with Gasteiger partial charge in [0.1, 0.15) is 73.2 Å². The minimum atomic E-state index is -1.81. The lowest BCUT2D eigenvalue weighted by atomic mass is 9.94. The van der Waals surface area contributed by atoms with Gasteiger partial charge in [-0.25, -0.2) is 0 Å². The highest BCUT2D eigenvalue weighted by atomic mass is 16.7. The van der Waals surface area contributed by atoms with Gasteiger partial charge in [-0.3, -0.25) is 4.90 Å². The van der Waals surface area contributed by atoms with E-state index in [1.165, 1.54) is 6.92 Å². The van der Waals surface area contributed by atoms with Gasteiger partial charge in [-0.15, -0.1) is 0 Å². The average molecular weight is 738 g/mol. The van der Waals surface area contributed by atoms with Crippen LogP contribution in [0.25, 0.3) is 0 Å². The van der Waals surface area contributed by atoms with Gasteiger partial charge >= 0.3 is 0 Å². The third-order valence-electron chi connectivity index (χ3n) is 9.79. The zero-order chi connectivity index (χ0) is 37.0. The van der Waals surface area contributed by atoms with E-state index < -0.39 is 130 Å². The fourth-order valence-corrected chi connectivity index (χ4v) is 6.83. The summed E-state index contributed by atoms with van der Waals surface area (Å²) in [6, 6.07) is 8.71. The number of hydrogen-bond donors (Lipinski definition) is 11. The monoisotopic (exact) mass is 737 g/mol. The van der Waals surface area contributed by atoms with E-state index in [0.29, 0.717) is 0 Å². The molecule has 4 saturated heterocycles. The van der Waals surface area contributed by atoms with Crippen molar-refractivity contribution in [3.63, 3.8) is 0 Å². The normalized spacial score (nSPS) is 44.7. The first-order valence-electron chi connectivity index (χ1n) is 17.0. The molecule has 4 aliphatic rings. The first-order chi connectivity index (χ1) is 24.4. The molecule has 11 N–H and O–H groups in total. The molecule has 18 atom stereocenters. The molecule has 292 valence electrons. The quantitative estimate of drug-likeness (QED) is 0.0899. The van der Waals surface area contributed by atoms with Crippen molar-refractivity contribution in [3.8, 4) is 0 Å². The van der Waals surface area contributed by atoms with E-state index in [1.807, 2.05) is 35.2 Å². The maximum atomic E-state index is 11.3. The number of nitrogens with zero attached hydrogens (tertiary/aromatic N) is 1. The number of benzene rings is 1. The van der Waals surface area contributed by atoms with Crippen LogP contribution < -0.4 is 0 Å². The van der Waals surface area contributed by atoms with Gasteiger partial charge in [-0.05, 0) is 12.5 Å². The topological polar surface area (TPSA) is 290 Å². The molecule has 4 aliphatic heterocycles.